The second-order valence-electron chi connectivity index (χ2n) is 8.47. The van der Waals surface area contributed by atoms with E-state index < -0.39 is 6.17 Å². The molecule has 2 N–H and O–H groups in total. The van der Waals surface area contributed by atoms with E-state index in [2.05, 4.69) is 25.7 Å². The van der Waals surface area contributed by atoms with Crippen LogP contribution in [0.5, 0.6) is 5.75 Å². The van der Waals surface area contributed by atoms with Crippen molar-refractivity contribution in [1.82, 2.24) is 25.7 Å². The van der Waals surface area contributed by atoms with E-state index in [0.717, 1.165) is 30.5 Å². The summed E-state index contributed by atoms with van der Waals surface area (Å²) < 4.78 is 14.9. The molecular weight excluding hydrogens is 395 g/mol. The molecule has 0 aliphatic carbocycles. The lowest BCUT2D eigenvalue weighted by Crippen LogP contribution is -2.55. The van der Waals surface area contributed by atoms with E-state index in [1.54, 1.807) is 12.1 Å². The highest BCUT2D eigenvalue weighted by Crippen LogP contribution is 2.34. The summed E-state index contributed by atoms with van der Waals surface area (Å²) >= 11 is 0. The van der Waals surface area contributed by atoms with Gasteiger partial charge in [0.1, 0.15) is 11.9 Å². The van der Waals surface area contributed by atoms with Gasteiger partial charge in [-0.3, -0.25) is 0 Å². The van der Waals surface area contributed by atoms with Crippen molar-refractivity contribution < 1.29 is 9.50 Å². The molecule has 4 heterocycles. The van der Waals surface area contributed by atoms with Crippen LogP contribution in [0.2, 0.25) is 0 Å². The Balaban J connectivity index is 1.35. The second-order valence-corrected chi connectivity index (χ2v) is 8.47. The first-order valence-electron chi connectivity index (χ1n) is 10.6. The summed E-state index contributed by atoms with van der Waals surface area (Å²) in [5, 5.41) is 30.8. The molecule has 2 unspecified atom stereocenters. The molecule has 3 aromatic rings. The summed E-state index contributed by atoms with van der Waals surface area (Å²) in [6, 6.07) is 12.8. The quantitative estimate of drug-likeness (QED) is 0.670. The highest BCUT2D eigenvalue weighted by molar-refractivity contribution is 5.73. The first-order valence-corrected chi connectivity index (χ1v) is 10.6. The Morgan fingerprint density at radius 1 is 1.00 bits per heavy atom. The predicted octanol–water partition coefficient (Wildman–Crippen LogP) is 3.28. The van der Waals surface area contributed by atoms with Crippen LogP contribution in [0.3, 0.4) is 0 Å². The van der Waals surface area contributed by atoms with Gasteiger partial charge in [-0.05, 0) is 62.6 Å². The normalized spacial score (nSPS) is 24.9. The Kier molecular flexibility index (Phi) is 5.02. The molecular formula is C23H25FN6O. The summed E-state index contributed by atoms with van der Waals surface area (Å²) in [5.74, 6) is 0.720. The number of aromatic hydroxyl groups is 1. The Labute approximate surface area is 180 Å². The number of piperidine rings is 1. The summed E-state index contributed by atoms with van der Waals surface area (Å²) in [5.41, 5.74) is 3.42. The van der Waals surface area contributed by atoms with E-state index in [-0.39, 0.29) is 17.8 Å². The van der Waals surface area contributed by atoms with Gasteiger partial charge in [0.2, 0.25) is 0 Å². The number of aryl methyl sites for hydroxylation is 1. The van der Waals surface area contributed by atoms with Gasteiger partial charge in [0.05, 0.1) is 23.1 Å². The Morgan fingerprint density at radius 3 is 2.52 bits per heavy atom. The van der Waals surface area contributed by atoms with Crippen LogP contribution in [0.1, 0.15) is 25.0 Å². The van der Waals surface area contributed by atoms with E-state index in [0.29, 0.717) is 28.8 Å². The molecule has 7 nitrogen and oxygen atoms in total. The largest absolute Gasteiger partial charge is 0.507 e. The van der Waals surface area contributed by atoms with Crippen molar-refractivity contribution in [2.75, 3.05) is 11.9 Å². The maximum atomic E-state index is 14.9. The average molecular weight is 420 g/mol. The third-order valence-electron chi connectivity index (χ3n) is 6.43. The van der Waals surface area contributed by atoms with Crippen molar-refractivity contribution >= 4 is 5.82 Å². The summed E-state index contributed by atoms with van der Waals surface area (Å²) in [6.07, 6.45) is 1.77. The number of anilines is 1. The third kappa shape index (κ3) is 3.72. The molecule has 2 aliphatic heterocycles. The van der Waals surface area contributed by atoms with Crippen molar-refractivity contribution in [2.45, 2.75) is 50.5 Å². The minimum absolute atomic E-state index is 0.0629. The standard InChI is InChI=1S/C23H25FN6O/c1-13-3-7-17(27-26-13)14-4-6-16(21(31)11-14)18-9-10-22(29-28-18)30(2)20-12-15-5-8-19(25-15)23(20)24/h3-4,6-7,9-11,15,19-20,23,25,31H,5,8,12H2,1-2H3/t15?,19?,20-,23+/m1/s1. The molecule has 4 atom stereocenters. The van der Waals surface area contributed by atoms with Crippen LogP contribution in [0.4, 0.5) is 10.2 Å². The smallest absolute Gasteiger partial charge is 0.151 e. The maximum Gasteiger partial charge on any atom is 0.151 e. The molecule has 160 valence electrons. The first kappa shape index (κ1) is 19.8. The lowest BCUT2D eigenvalue weighted by atomic mass is 9.96. The number of halogens is 1. The zero-order valence-corrected chi connectivity index (χ0v) is 17.5. The average Bonchev–Trinajstić information content (AvgIpc) is 3.20. The maximum absolute atomic E-state index is 14.9. The SMILES string of the molecule is Cc1ccc(-c2ccc(-c3ccc(N(C)[C@@H]4CC5CCC(N5)[C@@H]4F)nn3)c(O)c2)nn1. The Morgan fingerprint density at radius 2 is 1.81 bits per heavy atom. The predicted molar refractivity (Wildman–Crippen MR) is 117 cm³/mol. The fraction of sp³-hybridized carbons (Fsp3) is 0.391. The number of nitrogens with one attached hydrogen (secondary N) is 1. The van der Waals surface area contributed by atoms with Crippen molar-refractivity contribution in [2.24, 2.45) is 0 Å². The number of benzene rings is 1. The molecule has 2 aromatic heterocycles. The molecule has 31 heavy (non-hydrogen) atoms. The number of phenols is 1. The van der Waals surface area contributed by atoms with E-state index in [9.17, 15) is 9.50 Å². The Hall–Kier alpha value is -3.13. The molecule has 0 saturated carbocycles. The number of rotatable bonds is 4. The number of aromatic nitrogens is 4. The van der Waals surface area contributed by atoms with Gasteiger partial charge in [0.15, 0.2) is 5.82 Å². The molecule has 0 spiro atoms. The minimum Gasteiger partial charge on any atom is -0.507 e. The van der Waals surface area contributed by atoms with Crippen LogP contribution in [-0.2, 0) is 0 Å². The second kappa shape index (κ2) is 7.85. The fourth-order valence-electron chi connectivity index (χ4n) is 4.64. The number of alkyl halides is 1. The minimum atomic E-state index is -0.924. The molecule has 5 rings (SSSR count). The highest BCUT2D eigenvalue weighted by Gasteiger charge is 2.43. The molecule has 2 saturated heterocycles. The summed E-state index contributed by atoms with van der Waals surface area (Å²) in [4.78, 5) is 1.90. The van der Waals surface area contributed by atoms with Gasteiger partial charge >= 0.3 is 0 Å². The molecule has 2 aliphatic rings. The van der Waals surface area contributed by atoms with Crippen LogP contribution in [0, 0.1) is 6.92 Å². The van der Waals surface area contributed by atoms with Crippen molar-refractivity contribution in [3.8, 4) is 28.3 Å². The molecule has 2 bridgehead atoms. The Bertz CT molecular complexity index is 1070. The first-order chi connectivity index (χ1) is 15.0. The fourth-order valence-corrected chi connectivity index (χ4v) is 4.64. The van der Waals surface area contributed by atoms with Gasteiger partial charge in [0, 0.05) is 30.3 Å². The molecule has 0 amide bonds. The van der Waals surface area contributed by atoms with Crippen LogP contribution in [0.25, 0.3) is 22.5 Å². The van der Waals surface area contributed by atoms with Gasteiger partial charge in [-0.2, -0.15) is 10.2 Å². The van der Waals surface area contributed by atoms with Crippen molar-refractivity contribution in [3.63, 3.8) is 0 Å². The van der Waals surface area contributed by atoms with E-state index in [4.69, 9.17) is 0 Å². The van der Waals surface area contributed by atoms with E-state index >= 15 is 0 Å². The molecule has 2 fully saturated rings. The van der Waals surface area contributed by atoms with Crippen LogP contribution < -0.4 is 10.2 Å². The number of hydrogen-bond acceptors (Lipinski definition) is 7. The lowest BCUT2D eigenvalue weighted by molar-refractivity contribution is 0.176. The van der Waals surface area contributed by atoms with Gasteiger partial charge in [0.25, 0.3) is 0 Å². The van der Waals surface area contributed by atoms with Gasteiger partial charge < -0.3 is 15.3 Å². The zero-order valence-electron chi connectivity index (χ0n) is 17.5. The highest BCUT2D eigenvalue weighted by atomic mass is 19.1. The number of phenolic OH excluding ortho intramolecular Hbond substituents is 1. The van der Waals surface area contributed by atoms with Gasteiger partial charge in [-0.15, -0.1) is 10.2 Å². The molecule has 8 heteroatoms. The third-order valence-corrected chi connectivity index (χ3v) is 6.43. The van der Waals surface area contributed by atoms with Gasteiger partial charge in [-0.1, -0.05) is 6.07 Å². The van der Waals surface area contributed by atoms with Gasteiger partial charge in [-0.25, -0.2) is 4.39 Å². The van der Waals surface area contributed by atoms with Crippen LogP contribution >= 0.6 is 0 Å². The van der Waals surface area contributed by atoms with E-state index in [1.807, 2.05) is 49.2 Å². The zero-order chi connectivity index (χ0) is 21.5. The van der Waals surface area contributed by atoms with Crippen molar-refractivity contribution in [3.05, 3.63) is 48.2 Å². The topological polar surface area (TPSA) is 87.1 Å². The lowest BCUT2D eigenvalue weighted by Gasteiger charge is -2.38. The van der Waals surface area contributed by atoms with Crippen LogP contribution in [-0.4, -0.2) is 56.8 Å². The number of hydrogen-bond donors (Lipinski definition) is 2. The summed E-state index contributed by atoms with van der Waals surface area (Å²) in [7, 11) is 1.88. The number of fused-ring (bicyclic) bond motifs is 2. The van der Waals surface area contributed by atoms with Crippen LogP contribution in [0.15, 0.2) is 42.5 Å². The number of nitrogens with zero attached hydrogens (tertiary/aromatic N) is 5. The summed E-state index contributed by atoms with van der Waals surface area (Å²) in [6.45, 7) is 1.88. The van der Waals surface area contributed by atoms with Crippen molar-refractivity contribution in [1.29, 1.82) is 0 Å². The molecule has 1 aromatic carbocycles. The monoisotopic (exact) mass is 420 g/mol. The van der Waals surface area contributed by atoms with E-state index in [1.165, 1.54) is 0 Å². The molecule has 0 radical (unpaired) electrons.